The molecule has 4 nitrogen and oxygen atoms in total. The molecular formula is C12H13FN2O2. The van der Waals surface area contributed by atoms with Crippen molar-refractivity contribution in [1.29, 1.82) is 0 Å². The number of rotatable bonds is 5. The maximum Gasteiger partial charge on any atom is 0.214 e. The molecule has 0 aliphatic carbocycles. The van der Waals surface area contributed by atoms with Gasteiger partial charge < -0.3 is 9.26 Å². The van der Waals surface area contributed by atoms with Crippen molar-refractivity contribution in [3.8, 4) is 17.1 Å². The second-order valence-corrected chi connectivity index (χ2v) is 3.60. The van der Waals surface area contributed by atoms with Gasteiger partial charge >= 0.3 is 0 Å². The summed E-state index contributed by atoms with van der Waals surface area (Å²) in [4.78, 5) is 3.85. The van der Waals surface area contributed by atoms with Gasteiger partial charge in [0.05, 0.1) is 6.61 Å². The molecule has 0 atom stereocenters. The fraction of sp³-hybridized carbons (Fsp3) is 0.333. The lowest BCUT2D eigenvalue weighted by atomic mass is 10.2. The number of benzene rings is 1. The van der Waals surface area contributed by atoms with Crippen molar-refractivity contribution in [3.05, 3.63) is 30.4 Å². The van der Waals surface area contributed by atoms with E-state index in [4.69, 9.17) is 4.74 Å². The Labute approximate surface area is 98.4 Å². The summed E-state index contributed by atoms with van der Waals surface area (Å²) in [6.45, 7) is 2.58. The Morgan fingerprint density at radius 2 is 2.29 bits per heavy atom. The predicted octanol–water partition coefficient (Wildman–Crippen LogP) is 3.05. The van der Waals surface area contributed by atoms with Crippen LogP contribution in [0.5, 0.6) is 5.75 Å². The van der Waals surface area contributed by atoms with E-state index in [1.165, 1.54) is 12.5 Å². The van der Waals surface area contributed by atoms with E-state index < -0.39 is 5.82 Å². The molecule has 0 saturated heterocycles. The number of hydrogen-bond acceptors (Lipinski definition) is 4. The van der Waals surface area contributed by atoms with Crippen LogP contribution in [0.3, 0.4) is 0 Å². The van der Waals surface area contributed by atoms with Gasteiger partial charge in [-0.15, -0.1) is 0 Å². The molecule has 2 aromatic rings. The quantitative estimate of drug-likeness (QED) is 0.748. The normalized spacial score (nSPS) is 10.5. The molecule has 90 valence electrons. The van der Waals surface area contributed by atoms with Crippen LogP contribution in [0, 0.1) is 5.82 Å². The van der Waals surface area contributed by atoms with Gasteiger partial charge in [0.25, 0.3) is 0 Å². The predicted molar refractivity (Wildman–Crippen MR) is 60.1 cm³/mol. The van der Waals surface area contributed by atoms with Gasteiger partial charge in [0.2, 0.25) is 12.2 Å². The fourth-order valence-corrected chi connectivity index (χ4v) is 1.38. The molecule has 17 heavy (non-hydrogen) atoms. The summed E-state index contributed by atoms with van der Waals surface area (Å²) in [5, 5.41) is 3.64. The molecular weight excluding hydrogens is 223 g/mol. The van der Waals surface area contributed by atoms with Crippen LogP contribution >= 0.6 is 0 Å². The first kappa shape index (κ1) is 11.6. The molecule has 0 N–H and O–H groups in total. The second-order valence-electron chi connectivity index (χ2n) is 3.60. The smallest absolute Gasteiger partial charge is 0.214 e. The number of unbranched alkanes of at least 4 members (excludes halogenated alkanes) is 1. The first-order chi connectivity index (χ1) is 8.31. The first-order valence-corrected chi connectivity index (χ1v) is 5.50. The lowest BCUT2D eigenvalue weighted by molar-refractivity contribution is 0.294. The Hall–Kier alpha value is -1.91. The van der Waals surface area contributed by atoms with Crippen LogP contribution in [0.25, 0.3) is 11.4 Å². The highest BCUT2D eigenvalue weighted by molar-refractivity contribution is 5.55. The van der Waals surface area contributed by atoms with E-state index in [0.717, 1.165) is 12.8 Å². The van der Waals surface area contributed by atoms with Crippen LogP contribution in [0.2, 0.25) is 0 Å². The zero-order chi connectivity index (χ0) is 12.1. The van der Waals surface area contributed by atoms with Crippen molar-refractivity contribution >= 4 is 0 Å². The summed E-state index contributed by atoms with van der Waals surface area (Å²) in [7, 11) is 0. The summed E-state index contributed by atoms with van der Waals surface area (Å²) < 4.78 is 23.6. The van der Waals surface area contributed by atoms with Crippen LogP contribution in [0.1, 0.15) is 19.8 Å². The average Bonchev–Trinajstić information content (AvgIpc) is 2.85. The number of ether oxygens (including phenoxy) is 1. The topological polar surface area (TPSA) is 48.2 Å². The molecule has 0 bridgehead atoms. The molecule has 1 heterocycles. The van der Waals surface area contributed by atoms with Gasteiger partial charge in [-0.1, -0.05) is 18.5 Å². The molecule has 0 unspecified atom stereocenters. The molecule has 0 aliphatic rings. The largest absolute Gasteiger partial charge is 0.491 e. The van der Waals surface area contributed by atoms with Gasteiger partial charge in [0, 0.05) is 5.56 Å². The average molecular weight is 236 g/mol. The highest BCUT2D eigenvalue weighted by Gasteiger charge is 2.08. The Kier molecular flexibility index (Phi) is 3.69. The lowest BCUT2D eigenvalue weighted by Gasteiger charge is -2.06. The molecule has 0 aliphatic heterocycles. The summed E-state index contributed by atoms with van der Waals surface area (Å²) in [5.74, 6) is 0.207. The van der Waals surface area contributed by atoms with Crippen LogP contribution in [-0.2, 0) is 0 Å². The van der Waals surface area contributed by atoms with Crippen LogP contribution < -0.4 is 4.74 Å². The molecule has 5 heteroatoms. The van der Waals surface area contributed by atoms with E-state index in [9.17, 15) is 4.39 Å². The van der Waals surface area contributed by atoms with E-state index >= 15 is 0 Å². The lowest BCUT2D eigenvalue weighted by Crippen LogP contribution is -1.98. The standard InChI is InChI=1S/C12H13FN2O2/c1-2-3-6-16-11-5-4-9(7-10(11)13)12-14-8-17-15-12/h4-5,7-8H,2-3,6H2,1H3. The van der Waals surface area contributed by atoms with E-state index in [2.05, 4.69) is 21.6 Å². The molecule has 1 aromatic carbocycles. The zero-order valence-electron chi connectivity index (χ0n) is 9.52. The summed E-state index contributed by atoms with van der Waals surface area (Å²) in [6, 6.07) is 4.62. The first-order valence-electron chi connectivity index (χ1n) is 5.50. The monoisotopic (exact) mass is 236 g/mol. The van der Waals surface area contributed by atoms with Gasteiger partial charge in [0.15, 0.2) is 11.6 Å². The zero-order valence-corrected chi connectivity index (χ0v) is 9.52. The van der Waals surface area contributed by atoms with E-state index in [1.807, 2.05) is 0 Å². The van der Waals surface area contributed by atoms with Crippen LogP contribution in [0.15, 0.2) is 29.1 Å². The minimum atomic E-state index is -0.414. The van der Waals surface area contributed by atoms with Gasteiger partial charge in [0.1, 0.15) is 0 Å². The van der Waals surface area contributed by atoms with Gasteiger partial charge in [-0.2, -0.15) is 4.98 Å². The highest BCUT2D eigenvalue weighted by Crippen LogP contribution is 2.23. The van der Waals surface area contributed by atoms with Crippen molar-refractivity contribution in [3.63, 3.8) is 0 Å². The maximum atomic E-state index is 13.7. The van der Waals surface area contributed by atoms with Crippen molar-refractivity contribution < 1.29 is 13.7 Å². The van der Waals surface area contributed by atoms with Gasteiger partial charge in [-0.3, -0.25) is 0 Å². The van der Waals surface area contributed by atoms with Gasteiger partial charge in [-0.25, -0.2) is 4.39 Å². The van der Waals surface area contributed by atoms with Crippen LogP contribution in [0.4, 0.5) is 4.39 Å². The third-order valence-corrected chi connectivity index (χ3v) is 2.31. The van der Waals surface area contributed by atoms with E-state index in [-0.39, 0.29) is 5.75 Å². The molecule has 0 spiro atoms. The minimum absolute atomic E-state index is 0.255. The molecule has 0 amide bonds. The highest BCUT2D eigenvalue weighted by atomic mass is 19.1. The Bertz CT molecular complexity index is 471. The third-order valence-electron chi connectivity index (χ3n) is 2.31. The molecule has 0 saturated carbocycles. The molecule has 0 fully saturated rings. The van der Waals surface area contributed by atoms with E-state index in [1.54, 1.807) is 12.1 Å². The minimum Gasteiger partial charge on any atom is -0.491 e. The Morgan fingerprint density at radius 1 is 1.41 bits per heavy atom. The van der Waals surface area contributed by atoms with Crippen LogP contribution in [-0.4, -0.2) is 16.7 Å². The summed E-state index contributed by atoms with van der Waals surface area (Å²) in [6.07, 6.45) is 3.13. The number of aromatic nitrogens is 2. The molecule has 2 rings (SSSR count). The SMILES string of the molecule is CCCCOc1ccc(-c2ncon2)cc1F. The van der Waals surface area contributed by atoms with Gasteiger partial charge in [-0.05, 0) is 24.6 Å². The van der Waals surface area contributed by atoms with Crippen molar-refractivity contribution in [2.24, 2.45) is 0 Å². The Balaban J connectivity index is 2.12. The van der Waals surface area contributed by atoms with Crippen molar-refractivity contribution in [1.82, 2.24) is 10.1 Å². The third kappa shape index (κ3) is 2.81. The summed E-state index contributed by atoms with van der Waals surface area (Å²) >= 11 is 0. The number of halogens is 1. The van der Waals surface area contributed by atoms with E-state index in [0.29, 0.717) is 18.0 Å². The Morgan fingerprint density at radius 3 is 2.94 bits per heavy atom. The van der Waals surface area contributed by atoms with Crippen molar-refractivity contribution in [2.75, 3.05) is 6.61 Å². The second kappa shape index (κ2) is 5.43. The molecule has 1 aromatic heterocycles. The number of hydrogen-bond donors (Lipinski definition) is 0. The number of nitrogens with zero attached hydrogens (tertiary/aromatic N) is 2. The summed E-state index contributed by atoms with van der Waals surface area (Å²) in [5.41, 5.74) is 0.569. The fourth-order valence-electron chi connectivity index (χ4n) is 1.38. The maximum absolute atomic E-state index is 13.7. The molecule has 0 radical (unpaired) electrons. The van der Waals surface area contributed by atoms with Crippen molar-refractivity contribution in [2.45, 2.75) is 19.8 Å².